The fourth-order valence-electron chi connectivity index (χ4n) is 2.76. The van der Waals surface area contributed by atoms with Gasteiger partial charge in [-0.2, -0.15) is 0 Å². The second-order valence-electron chi connectivity index (χ2n) is 6.38. The highest BCUT2D eigenvalue weighted by Crippen LogP contribution is 2.15. The Morgan fingerprint density at radius 1 is 1.12 bits per heavy atom. The number of amides is 1. The lowest BCUT2D eigenvalue weighted by Crippen LogP contribution is -2.24. The maximum Gasteiger partial charge on any atom is 0.303 e. The molecule has 0 aliphatic heterocycles. The number of carboxylic acid groups (broad SMARTS) is 1. The summed E-state index contributed by atoms with van der Waals surface area (Å²) in [6, 6.07) is 0. The van der Waals surface area contributed by atoms with Crippen molar-refractivity contribution in [1.82, 2.24) is 14.7 Å². The van der Waals surface area contributed by atoms with Gasteiger partial charge in [0.15, 0.2) is 4.96 Å². The summed E-state index contributed by atoms with van der Waals surface area (Å²) >= 11 is 1.54. The first-order valence-electron chi connectivity index (χ1n) is 9.01. The second-order valence-corrected chi connectivity index (χ2v) is 7.22. The van der Waals surface area contributed by atoms with E-state index in [0.717, 1.165) is 55.6 Å². The van der Waals surface area contributed by atoms with E-state index in [4.69, 9.17) is 5.11 Å². The summed E-state index contributed by atoms with van der Waals surface area (Å²) in [6.45, 7) is 2.68. The molecule has 2 heterocycles. The number of imidazole rings is 1. The molecule has 0 aliphatic rings. The van der Waals surface area contributed by atoms with Crippen LogP contribution in [-0.4, -0.2) is 32.9 Å². The van der Waals surface area contributed by atoms with Crippen LogP contribution in [0.2, 0.25) is 0 Å². The van der Waals surface area contributed by atoms with Crippen LogP contribution in [0.5, 0.6) is 0 Å². The molecular formula is C18H27N3O3S. The Labute approximate surface area is 152 Å². The Balaban J connectivity index is 1.49. The van der Waals surface area contributed by atoms with Gasteiger partial charge in [0, 0.05) is 30.2 Å². The van der Waals surface area contributed by atoms with E-state index in [0.29, 0.717) is 12.2 Å². The molecule has 2 aromatic rings. The van der Waals surface area contributed by atoms with Crippen molar-refractivity contribution >= 4 is 28.2 Å². The summed E-state index contributed by atoms with van der Waals surface area (Å²) in [5.41, 5.74) is 1.57. The number of aryl methyl sites for hydroxylation is 1. The van der Waals surface area contributed by atoms with Gasteiger partial charge in [0.25, 0.3) is 5.91 Å². The smallest absolute Gasteiger partial charge is 0.303 e. The molecule has 1 amide bonds. The molecule has 6 nitrogen and oxygen atoms in total. The molecule has 0 radical (unpaired) electrons. The van der Waals surface area contributed by atoms with Crippen LogP contribution < -0.4 is 5.32 Å². The van der Waals surface area contributed by atoms with Crippen molar-refractivity contribution in [1.29, 1.82) is 0 Å². The van der Waals surface area contributed by atoms with Crippen molar-refractivity contribution in [3.05, 3.63) is 23.0 Å². The van der Waals surface area contributed by atoms with Gasteiger partial charge < -0.3 is 10.4 Å². The van der Waals surface area contributed by atoms with E-state index in [1.54, 1.807) is 17.5 Å². The van der Waals surface area contributed by atoms with Gasteiger partial charge in [0.1, 0.15) is 5.69 Å². The largest absolute Gasteiger partial charge is 0.481 e. The van der Waals surface area contributed by atoms with Crippen LogP contribution >= 0.6 is 11.3 Å². The van der Waals surface area contributed by atoms with Gasteiger partial charge >= 0.3 is 5.97 Å². The van der Waals surface area contributed by atoms with Gasteiger partial charge in [-0.3, -0.25) is 14.0 Å². The summed E-state index contributed by atoms with van der Waals surface area (Å²) in [4.78, 5) is 27.7. The van der Waals surface area contributed by atoms with Crippen LogP contribution in [0.15, 0.2) is 11.6 Å². The van der Waals surface area contributed by atoms with Crippen molar-refractivity contribution in [2.24, 2.45) is 0 Å². The zero-order valence-electron chi connectivity index (χ0n) is 14.8. The number of carbonyl (C=O) groups is 2. The van der Waals surface area contributed by atoms with E-state index >= 15 is 0 Å². The molecule has 0 aromatic carbocycles. The van der Waals surface area contributed by atoms with E-state index in [2.05, 4.69) is 10.3 Å². The molecule has 25 heavy (non-hydrogen) atoms. The van der Waals surface area contributed by atoms with Gasteiger partial charge in [0.05, 0.1) is 0 Å². The van der Waals surface area contributed by atoms with Crippen molar-refractivity contribution in [3.63, 3.8) is 0 Å². The molecule has 138 valence electrons. The van der Waals surface area contributed by atoms with Crippen molar-refractivity contribution < 1.29 is 14.7 Å². The first-order chi connectivity index (χ1) is 12.1. The Bertz CT molecular complexity index is 693. The number of nitrogens with one attached hydrogen (secondary N) is 1. The number of rotatable bonds is 12. The van der Waals surface area contributed by atoms with Crippen LogP contribution in [0.4, 0.5) is 0 Å². The normalized spacial score (nSPS) is 11.1. The highest BCUT2D eigenvalue weighted by molar-refractivity contribution is 7.15. The zero-order chi connectivity index (χ0) is 18.1. The number of aromatic nitrogens is 2. The molecule has 0 atom stereocenters. The number of fused-ring (bicyclic) bond motifs is 1. The van der Waals surface area contributed by atoms with E-state index < -0.39 is 5.97 Å². The number of nitrogens with zero attached hydrogens (tertiary/aromatic N) is 2. The molecule has 7 heteroatoms. The Morgan fingerprint density at radius 2 is 1.76 bits per heavy atom. The number of unbranched alkanes of at least 4 members (excludes halogenated alkanes) is 7. The molecule has 2 rings (SSSR count). The van der Waals surface area contributed by atoms with Gasteiger partial charge in [-0.05, 0) is 19.8 Å². The summed E-state index contributed by atoms with van der Waals surface area (Å²) < 4.78 is 1.94. The molecule has 0 spiro atoms. The van der Waals surface area contributed by atoms with E-state index in [9.17, 15) is 9.59 Å². The summed E-state index contributed by atoms with van der Waals surface area (Å²) in [6.07, 6.45) is 10.6. The third-order valence-corrected chi connectivity index (χ3v) is 5.18. The monoisotopic (exact) mass is 365 g/mol. The number of aliphatic carboxylic acids is 1. The zero-order valence-corrected chi connectivity index (χ0v) is 15.6. The van der Waals surface area contributed by atoms with Crippen LogP contribution in [-0.2, 0) is 4.79 Å². The molecule has 2 aromatic heterocycles. The van der Waals surface area contributed by atoms with Crippen LogP contribution in [0, 0.1) is 6.92 Å². The molecule has 0 fully saturated rings. The number of carboxylic acids is 1. The number of carbonyl (C=O) groups excluding carboxylic acids is 1. The van der Waals surface area contributed by atoms with Crippen molar-refractivity contribution in [3.8, 4) is 0 Å². The predicted octanol–water partition coefficient (Wildman–Crippen LogP) is 4.03. The molecule has 0 bridgehead atoms. The van der Waals surface area contributed by atoms with Gasteiger partial charge in [0.2, 0.25) is 0 Å². The minimum Gasteiger partial charge on any atom is -0.481 e. The number of hydrogen-bond donors (Lipinski definition) is 2. The highest BCUT2D eigenvalue weighted by atomic mass is 32.1. The lowest BCUT2D eigenvalue weighted by molar-refractivity contribution is -0.137. The molecule has 0 saturated heterocycles. The standard InChI is InChI=1S/C18H27N3O3S/c1-14-13-25-18-20-15(12-21(14)18)17(24)19-11-9-7-5-3-2-4-6-8-10-16(22)23/h12-13H,2-11H2,1H3,(H,19,24)(H,22,23). The third kappa shape index (κ3) is 6.49. The predicted molar refractivity (Wildman–Crippen MR) is 99.3 cm³/mol. The van der Waals surface area contributed by atoms with E-state index in [1.807, 2.05) is 16.7 Å². The summed E-state index contributed by atoms with van der Waals surface area (Å²) in [7, 11) is 0. The first-order valence-corrected chi connectivity index (χ1v) is 9.89. The fraction of sp³-hybridized carbons (Fsp3) is 0.611. The lowest BCUT2D eigenvalue weighted by atomic mass is 10.1. The highest BCUT2D eigenvalue weighted by Gasteiger charge is 2.11. The molecule has 2 N–H and O–H groups in total. The van der Waals surface area contributed by atoms with Crippen molar-refractivity contribution in [2.45, 2.75) is 64.7 Å². The summed E-state index contributed by atoms with van der Waals surface area (Å²) in [5, 5.41) is 13.5. The maximum absolute atomic E-state index is 12.1. The van der Waals surface area contributed by atoms with Crippen LogP contribution in [0.3, 0.4) is 0 Å². The molecule has 0 unspecified atom stereocenters. The first kappa shape index (κ1) is 19.4. The fourth-order valence-corrected chi connectivity index (χ4v) is 3.61. The number of hydrogen-bond acceptors (Lipinski definition) is 4. The van der Waals surface area contributed by atoms with Gasteiger partial charge in [-0.15, -0.1) is 11.3 Å². The van der Waals surface area contributed by atoms with Crippen molar-refractivity contribution in [2.75, 3.05) is 6.54 Å². The average Bonchev–Trinajstić information content (AvgIpc) is 3.14. The van der Waals surface area contributed by atoms with E-state index in [-0.39, 0.29) is 12.3 Å². The minimum atomic E-state index is -0.701. The Hall–Kier alpha value is -1.89. The topological polar surface area (TPSA) is 83.7 Å². The number of thiazole rings is 1. The second kappa shape index (κ2) is 10.2. The minimum absolute atomic E-state index is 0.103. The molecular weight excluding hydrogens is 338 g/mol. The Kier molecular flexibility index (Phi) is 7.91. The molecule has 0 aliphatic carbocycles. The quantitative estimate of drug-likeness (QED) is 0.556. The van der Waals surface area contributed by atoms with Gasteiger partial charge in [-0.25, -0.2) is 4.98 Å². The average molecular weight is 365 g/mol. The Morgan fingerprint density at radius 3 is 2.40 bits per heavy atom. The van der Waals surface area contributed by atoms with Crippen LogP contribution in [0.25, 0.3) is 4.96 Å². The van der Waals surface area contributed by atoms with Crippen LogP contribution in [0.1, 0.15) is 74.0 Å². The van der Waals surface area contributed by atoms with E-state index in [1.165, 1.54) is 6.42 Å². The summed E-state index contributed by atoms with van der Waals surface area (Å²) in [5.74, 6) is -0.804. The SMILES string of the molecule is Cc1csc2nc(C(=O)NCCCCCCCCCCC(=O)O)cn12. The third-order valence-electron chi connectivity index (χ3n) is 4.22. The lowest BCUT2D eigenvalue weighted by Gasteiger charge is -2.04. The van der Waals surface area contributed by atoms with Gasteiger partial charge in [-0.1, -0.05) is 38.5 Å². The molecule has 0 saturated carbocycles. The maximum atomic E-state index is 12.1.